The molecule has 0 N–H and O–H groups in total. The minimum atomic E-state index is -0.394. The van der Waals surface area contributed by atoms with Gasteiger partial charge in [0.1, 0.15) is 18.2 Å². The maximum absolute atomic E-state index is 12.3. The fourth-order valence-electron chi connectivity index (χ4n) is 3.22. The zero-order valence-corrected chi connectivity index (χ0v) is 13.4. The zero-order chi connectivity index (χ0) is 16.2. The first-order valence-corrected chi connectivity index (χ1v) is 7.76. The van der Waals surface area contributed by atoms with E-state index in [4.69, 9.17) is 4.74 Å². The lowest BCUT2D eigenvalue weighted by Gasteiger charge is -2.35. The number of hydrogen-bond donors (Lipinski definition) is 0. The summed E-state index contributed by atoms with van der Waals surface area (Å²) in [4.78, 5) is 18.5. The SMILES string of the molecule is COC(=O)C(c1cccnc1)N1CCC(c2nncn2C)CC1. The molecule has 23 heavy (non-hydrogen) atoms. The monoisotopic (exact) mass is 315 g/mol. The van der Waals surface area contributed by atoms with Crippen molar-refractivity contribution in [2.24, 2.45) is 7.05 Å². The number of aromatic nitrogens is 4. The first kappa shape index (κ1) is 15.6. The lowest BCUT2D eigenvalue weighted by atomic mass is 9.93. The molecule has 0 spiro atoms. The molecule has 7 heteroatoms. The number of ether oxygens (including phenoxy) is 1. The topological polar surface area (TPSA) is 73.1 Å². The number of hydrogen-bond acceptors (Lipinski definition) is 6. The molecule has 2 aromatic heterocycles. The number of carbonyl (C=O) groups excluding carboxylic acids is 1. The van der Waals surface area contributed by atoms with Gasteiger partial charge in [0.2, 0.25) is 0 Å². The maximum atomic E-state index is 12.3. The summed E-state index contributed by atoms with van der Waals surface area (Å²) in [5, 5.41) is 8.17. The highest BCUT2D eigenvalue weighted by atomic mass is 16.5. The quantitative estimate of drug-likeness (QED) is 0.792. The molecular formula is C16H21N5O2. The predicted octanol–water partition coefficient (Wildman–Crippen LogP) is 1.30. The Bertz CT molecular complexity index is 650. The Balaban J connectivity index is 1.73. The van der Waals surface area contributed by atoms with Gasteiger partial charge in [-0.2, -0.15) is 0 Å². The molecule has 0 bridgehead atoms. The number of carbonyl (C=O) groups is 1. The molecule has 0 amide bonds. The Kier molecular flexibility index (Phi) is 4.66. The number of likely N-dealkylation sites (tertiary alicyclic amines) is 1. The van der Waals surface area contributed by atoms with Crippen LogP contribution in [0.4, 0.5) is 0 Å². The van der Waals surface area contributed by atoms with Crippen LogP contribution in [-0.4, -0.2) is 50.8 Å². The zero-order valence-electron chi connectivity index (χ0n) is 13.4. The van der Waals surface area contributed by atoms with Gasteiger partial charge in [0.15, 0.2) is 0 Å². The molecule has 0 aromatic carbocycles. The van der Waals surface area contributed by atoms with Crippen LogP contribution in [-0.2, 0) is 16.6 Å². The second-order valence-electron chi connectivity index (χ2n) is 5.82. The summed E-state index contributed by atoms with van der Waals surface area (Å²) in [6.07, 6.45) is 7.06. The Labute approximate surface area is 135 Å². The molecular weight excluding hydrogens is 294 g/mol. The van der Waals surface area contributed by atoms with Crippen molar-refractivity contribution in [1.29, 1.82) is 0 Å². The lowest BCUT2D eigenvalue weighted by molar-refractivity contribution is -0.147. The number of nitrogens with zero attached hydrogens (tertiary/aromatic N) is 5. The van der Waals surface area contributed by atoms with Crippen LogP contribution in [0.15, 0.2) is 30.9 Å². The number of rotatable bonds is 4. The van der Waals surface area contributed by atoms with E-state index >= 15 is 0 Å². The predicted molar refractivity (Wildman–Crippen MR) is 83.5 cm³/mol. The van der Waals surface area contributed by atoms with Crippen molar-refractivity contribution in [1.82, 2.24) is 24.6 Å². The molecule has 1 atom stereocenters. The van der Waals surface area contributed by atoms with Crippen LogP contribution in [0.25, 0.3) is 0 Å². The Morgan fingerprint density at radius 1 is 1.39 bits per heavy atom. The van der Waals surface area contributed by atoms with Gasteiger partial charge in [-0.25, -0.2) is 4.79 Å². The third-order valence-corrected chi connectivity index (χ3v) is 4.43. The summed E-state index contributed by atoms with van der Waals surface area (Å²) < 4.78 is 6.97. The fourth-order valence-corrected chi connectivity index (χ4v) is 3.22. The van der Waals surface area contributed by atoms with Crippen LogP contribution in [0.2, 0.25) is 0 Å². The van der Waals surface area contributed by atoms with E-state index in [2.05, 4.69) is 20.1 Å². The van der Waals surface area contributed by atoms with Gasteiger partial charge < -0.3 is 9.30 Å². The van der Waals surface area contributed by atoms with Crippen molar-refractivity contribution in [3.8, 4) is 0 Å². The van der Waals surface area contributed by atoms with E-state index in [-0.39, 0.29) is 5.97 Å². The van der Waals surface area contributed by atoms with Gasteiger partial charge in [-0.1, -0.05) is 6.07 Å². The van der Waals surface area contributed by atoms with Crippen molar-refractivity contribution in [3.63, 3.8) is 0 Å². The number of esters is 1. The van der Waals surface area contributed by atoms with Gasteiger partial charge in [0, 0.05) is 25.4 Å². The summed E-state index contributed by atoms with van der Waals surface area (Å²) in [5.74, 6) is 1.15. The number of pyridine rings is 1. The molecule has 7 nitrogen and oxygen atoms in total. The van der Waals surface area contributed by atoms with Crippen LogP contribution in [0, 0.1) is 0 Å². The van der Waals surface area contributed by atoms with Gasteiger partial charge in [0.05, 0.1) is 7.11 Å². The first-order chi connectivity index (χ1) is 11.2. The third-order valence-electron chi connectivity index (χ3n) is 4.43. The van der Waals surface area contributed by atoms with E-state index in [1.165, 1.54) is 7.11 Å². The Morgan fingerprint density at radius 2 is 2.17 bits per heavy atom. The summed E-state index contributed by atoms with van der Waals surface area (Å²) in [6, 6.07) is 3.37. The van der Waals surface area contributed by atoms with Crippen LogP contribution < -0.4 is 0 Å². The van der Waals surface area contributed by atoms with Gasteiger partial charge in [0.25, 0.3) is 0 Å². The van der Waals surface area contributed by atoms with Gasteiger partial charge in [-0.3, -0.25) is 9.88 Å². The summed E-state index contributed by atoms with van der Waals surface area (Å²) in [5.41, 5.74) is 0.872. The average Bonchev–Trinajstić information content (AvgIpc) is 3.02. The van der Waals surface area contributed by atoms with Crippen molar-refractivity contribution in [2.75, 3.05) is 20.2 Å². The average molecular weight is 315 g/mol. The van der Waals surface area contributed by atoms with Crippen LogP contribution in [0.3, 0.4) is 0 Å². The van der Waals surface area contributed by atoms with Crippen molar-refractivity contribution < 1.29 is 9.53 Å². The second-order valence-corrected chi connectivity index (χ2v) is 5.82. The van der Waals surface area contributed by atoms with Crippen LogP contribution in [0.1, 0.15) is 36.2 Å². The van der Waals surface area contributed by atoms with E-state index < -0.39 is 6.04 Å². The first-order valence-electron chi connectivity index (χ1n) is 7.76. The molecule has 0 radical (unpaired) electrons. The Hall–Kier alpha value is -2.28. The molecule has 0 aliphatic carbocycles. The number of aryl methyl sites for hydroxylation is 1. The van der Waals surface area contributed by atoms with Gasteiger partial charge in [-0.05, 0) is 37.6 Å². The van der Waals surface area contributed by atoms with E-state index in [0.29, 0.717) is 5.92 Å². The molecule has 1 fully saturated rings. The molecule has 1 aliphatic rings. The van der Waals surface area contributed by atoms with Crippen molar-refractivity contribution >= 4 is 5.97 Å². The van der Waals surface area contributed by atoms with Gasteiger partial charge >= 0.3 is 5.97 Å². The number of piperidine rings is 1. The second kappa shape index (κ2) is 6.87. The van der Waals surface area contributed by atoms with E-state index in [1.54, 1.807) is 18.7 Å². The molecule has 2 aromatic rings. The molecule has 122 valence electrons. The molecule has 1 unspecified atom stereocenters. The standard InChI is InChI=1S/C16H21N5O2/c1-20-11-18-19-15(20)12-5-8-21(9-6-12)14(16(22)23-2)13-4-3-7-17-10-13/h3-4,7,10-12,14H,5-6,8-9H2,1-2H3. The molecule has 3 heterocycles. The smallest absolute Gasteiger partial charge is 0.327 e. The minimum Gasteiger partial charge on any atom is -0.468 e. The van der Waals surface area contributed by atoms with E-state index in [1.807, 2.05) is 23.7 Å². The molecule has 0 saturated carbocycles. The normalized spacial score (nSPS) is 17.8. The number of methoxy groups -OCH3 is 1. The third kappa shape index (κ3) is 3.24. The van der Waals surface area contributed by atoms with Crippen LogP contribution in [0.5, 0.6) is 0 Å². The highest BCUT2D eigenvalue weighted by molar-refractivity contribution is 5.77. The summed E-state index contributed by atoms with van der Waals surface area (Å²) >= 11 is 0. The Morgan fingerprint density at radius 3 is 2.74 bits per heavy atom. The summed E-state index contributed by atoms with van der Waals surface area (Å²) in [6.45, 7) is 1.62. The fraction of sp³-hybridized carbons (Fsp3) is 0.500. The molecule has 1 aliphatic heterocycles. The van der Waals surface area contributed by atoms with Crippen LogP contribution >= 0.6 is 0 Å². The van der Waals surface area contributed by atoms with Gasteiger partial charge in [-0.15, -0.1) is 10.2 Å². The van der Waals surface area contributed by atoms with E-state index in [0.717, 1.165) is 37.3 Å². The van der Waals surface area contributed by atoms with Crippen molar-refractivity contribution in [2.45, 2.75) is 24.8 Å². The highest BCUT2D eigenvalue weighted by Crippen LogP contribution is 2.31. The highest BCUT2D eigenvalue weighted by Gasteiger charge is 2.33. The summed E-state index contributed by atoms with van der Waals surface area (Å²) in [7, 11) is 3.40. The molecule has 1 saturated heterocycles. The van der Waals surface area contributed by atoms with E-state index in [9.17, 15) is 4.79 Å². The largest absolute Gasteiger partial charge is 0.468 e. The lowest BCUT2D eigenvalue weighted by Crippen LogP contribution is -2.40. The van der Waals surface area contributed by atoms with Crippen molar-refractivity contribution in [3.05, 3.63) is 42.2 Å². The molecule has 3 rings (SSSR count). The maximum Gasteiger partial charge on any atom is 0.327 e. The minimum absolute atomic E-state index is 0.241.